The van der Waals surface area contributed by atoms with Crippen LogP contribution in [0.4, 0.5) is 0 Å². The third-order valence-corrected chi connectivity index (χ3v) is 2.57. The van der Waals surface area contributed by atoms with Crippen LogP contribution in [0, 0.1) is 5.41 Å². The van der Waals surface area contributed by atoms with Crippen LogP contribution in [0.1, 0.15) is 32.8 Å². The van der Waals surface area contributed by atoms with Gasteiger partial charge in [0.05, 0.1) is 14.2 Å². The summed E-state index contributed by atoms with van der Waals surface area (Å²) in [5.41, 5.74) is 1.63. The molecule has 1 rings (SSSR count). The fraction of sp³-hybridized carbons (Fsp3) is 0.571. The molecule has 0 fully saturated rings. The molecule has 0 spiro atoms. The molecule has 0 saturated carbocycles. The molecule has 1 aromatic carbocycles. The predicted molar refractivity (Wildman–Crippen MR) is 67.3 cm³/mol. The highest BCUT2D eigenvalue weighted by Crippen LogP contribution is 2.26. The van der Waals surface area contributed by atoms with E-state index in [1.54, 1.807) is 14.2 Å². The van der Waals surface area contributed by atoms with Crippen molar-refractivity contribution in [2.75, 3.05) is 14.2 Å². The lowest BCUT2D eigenvalue weighted by Gasteiger charge is -2.18. The van der Waals surface area contributed by atoms with E-state index in [4.69, 9.17) is 9.47 Å². The molecule has 0 bridgehead atoms. The zero-order chi connectivity index (χ0) is 12.2. The third kappa shape index (κ3) is 4.13. The second kappa shape index (κ2) is 5.24. The molecule has 0 radical (unpaired) electrons. The first-order valence-corrected chi connectivity index (χ1v) is 5.66. The third-order valence-electron chi connectivity index (χ3n) is 2.57. The summed E-state index contributed by atoms with van der Waals surface area (Å²) >= 11 is 0. The first-order valence-electron chi connectivity index (χ1n) is 5.66. The van der Waals surface area contributed by atoms with Gasteiger partial charge in [-0.2, -0.15) is 0 Å². The maximum absolute atomic E-state index is 5.25. The smallest absolute Gasteiger partial charge is 0.122 e. The van der Waals surface area contributed by atoms with Crippen LogP contribution in [0.25, 0.3) is 0 Å². The lowest BCUT2D eigenvalue weighted by Crippen LogP contribution is -2.06. The monoisotopic (exact) mass is 222 g/mol. The fourth-order valence-electron chi connectivity index (χ4n) is 1.53. The highest BCUT2D eigenvalue weighted by Gasteiger charge is 2.11. The number of rotatable bonds is 4. The SMILES string of the molecule is COc1cc(CCC(C)(C)C)cc(OC)c1. The average molecular weight is 222 g/mol. The van der Waals surface area contributed by atoms with Crippen molar-refractivity contribution < 1.29 is 9.47 Å². The average Bonchev–Trinajstić information content (AvgIpc) is 2.25. The Morgan fingerprint density at radius 2 is 1.44 bits per heavy atom. The summed E-state index contributed by atoms with van der Waals surface area (Å²) in [6, 6.07) is 6.06. The Bertz CT molecular complexity index is 315. The predicted octanol–water partition coefficient (Wildman–Crippen LogP) is 3.68. The zero-order valence-corrected chi connectivity index (χ0v) is 11.0. The molecule has 90 valence electrons. The van der Waals surface area contributed by atoms with Crippen molar-refractivity contribution >= 4 is 0 Å². The molecule has 2 nitrogen and oxygen atoms in total. The van der Waals surface area contributed by atoms with E-state index in [1.807, 2.05) is 6.07 Å². The Hall–Kier alpha value is -1.18. The largest absolute Gasteiger partial charge is 0.497 e. The van der Waals surface area contributed by atoms with Crippen molar-refractivity contribution in [2.24, 2.45) is 5.41 Å². The molecule has 0 heterocycles. The summed E-state index contributed by atoms with van der Waals surface area (Å²) in [4.78, 5) is 0. The van der Waals surface area contributed by atoms with Crippen LogP contribution in [0.15, 0.2) is 18.2 Å². The van der Waals surface area contributed by atoms with E-state index in [-0.39, 0.29) is 0 Å². The van der Waals surface area contributed by atoms with Gasteiger partial charge in [0.1, 0.15) is 11.5 Å². The van der Waals surface area contributed by atoms with Crippen molar-refractivity contribution in [3.05, 3.63) is 23.8 Å². The normalized spacial score (nSPS) is 11.3. The number of hydrogen-bond donors (Lipinski definition) is 0. The Labute approximate surface area is 98.6 Å². The minimum atomic E-state index is 0.357. The number of ether oxygens (including phenoxy) is 2. The molecule has 0 N–H and O–H groups in total. The maximum atomic E-state index is 5.25. The Morgan fingerprint density at radius 1 is 0.938 bits per heavy atom. The number of hydrogen-bond acceptors (Lipinski definition) is 2. The van der Waals surface area contributed by atoms with Gasteiger partial charge in [-0.25, -0.2) is 0 Å². The molecule has 1 aromatic rings. The Morgan fingerprint density at radius 3 is 1.81 bits per heavy atom. The first kappa shape index (κ1) is 12.9. The van der Waals surface area contributed by atoms with Crippen LogP contribution in [0.2, 0.25) is 0 Å². The molecule has 0 amide bonds. The maximum Gasteiger partial charge on any atom is 0.122 e. The quantitative estimate of drug-likeness (QED) is 0.773. The van der Waals surface area contributed by atoms with Gasteiger partial charge >= 0.3 is 0 Å². The van der Waals surface area contributed by atoms with Crippen molar-refractivity contribution in [1.82, 2.24) is 0 Å². The minimum Gasteiger partial charge on any atom is -0.497 e. The van der Waals surface area contributed by atoms with E-state index in [2.05, 4.69) is 32.9 Å². The molecule has 0 saturated heterocycles. The number of aryl methyl sites for hydroxylation is 1. The molecule has 0 aliphatic rings. The molecular weight excluding hydrogens is 200 g/mol. The molecule has 0 aliphatic carbocycles. The summed E-state index contributed by atoms with van der Waals surface area (Å²) in [5, 5.41) is 0. The van der Waals surface area contributed by atoms with Gasteiger partial charge in [0.2, 0.25) is 0 Å². The van der Waals surface area contributed by atoms with Gasteiger partial charge in [-0.1, -0.05) is 20.8 Å². The summed E-state index contributed by atoms with van der Waals surface area (Å²) < 4.78 is 10.5. The van der Waals surface area contributed by atoms with E-state index in [0.29, 0.717) is 5.41 Å². The van der Waals surface area contributed by atoms with E-state index in [0.717, 1.165) is 24.3 Å². The van der Waals surface area contributed by atoms with Gasteiger partial charge in [-0.3, -0.25) is 0 Å². The van der Waals surface area contributed by atoms with Crippen LogP contribution in [-0.2, 0) is 6.42 Å². The van der Waals surface area contributed by atoms with E-state index < -0.39 is 0 Å². The molecular formula is C14H22O2. The van der Waals surface area contributed by atoms with Crippen LogP contribution >= 0.6 is 0 Å². The van der Waals surface area contributed by atoms with Gasteiger partial charge < -0.3 is 9.47 Å². The summed E-state index contributed by atoms with van der Waals surface area (Å²) in [7, 11) is 3.37. The Kier molecular flexibility index (Phi) is 4.22. The molecule has 0 unspecified atom stereocenters. The topological polar surface area (TPSA) is 18.5 Å². The molecule has 2 heteroatoms. The lowest BCUT2D eigenvalue weighted by molar-refractivity contribution is 0.374. The van der Waals surface area contributed by atoms with Gasteiger partial charge in [0.15, 0.2) is 0 Å². The van der Waals surface area contributed by atoms with Gasteiger partial charge in [-0.05, 0) is 36.0 Å². The van der Waals surface area contributed by atoms with E-state index in [1.165, 1.54) is 5.56 Å². The second-order valence-electron chi connectivity index (χ2n) is 5.28. The van der Waals surface area contributed by atoms with Crippen LogP contribution < -0.4 is 9.47 Å². The van der Waals surface area contributed by atoms with Crippen LogP contribution in [-0.4, -0.2) is 14.2 Å². The summed E-state index contributed by atoms with van der Waals surface area (Å²) in [6.45, 7) is 6.76. The van der Waals surface area contributed by atoms with Crippen LogP contribution in [0.3, 0.4) is 0 Å². The van der Waals surface area contributed by atoms with Crippen molar-refractivity contribution in [1.29, 1.82) is 0 Å². The summed E-state index contributed by atoms with van der Waals surface area (Å²) in [5.74, 6) is 1.73. The highest BCUT2D eigenvalue weighted by molar-refractivity contribution is 5.38. The van der Waals surface area contributed by atoms with E-state index >= 15 is 0 Å². The number of methoxy groups -OCH3 is 2. The van der Waals surface area contributed by atoms with Crippen molar-refractivity contribution in [3.8, 4) is 11.5 Å². The van der Waals surface area contributed by atoms with Crippen LogP contribution in [0.5, 0.6) is 11.5 Å². The second-order valence-corrected chi connectivity index (χ2v) is 5.28. The van der Waals surface area contributed by atoms with Crippen molar-refractivity contribution in [3.63, 3.8) is 0 Å². The van der Waals surface area contributed by atoms with E-state index in [9.17, 15) is 0 Å². The van der Waals surface area contributed by atoms with Gasteiger partial charge in [0, 0.05) is 6.07 Å². The molecule has 16 heavy (non-hydrogen) atoms. The van der Waals surface area contributed by atoms with Crippen molar-refractivity contribution in [2.45, 2.75) is 33.6 Å². The molecule has 0 atom stereocenters. The first-order chi connectivity index (χ1) is 7.44. The lowest BCUT2D eigenvalue weighted by atomic mass is 9.88. The fourth-order valence-corrected chi connectivity index (χ4v) is 1.53. The van der Waals surface area contributed by atoms with Gasteiger partial charge in [-0.15, -0.1) is 0 Å². The van der Waals surface area contributed by atoms with Gasteiger partial charge in [0.25, 0.3) is 0 Å². The highest BCUT2D eigenvalue weighted by atomic mass is 16.5. The molecule has 0 aromatic heterocycles. The number of benzene rings is 1. The Balaban J connectivity index is 2.79. The summed E-state index contributed by atoms with van der Waals surface area (Å²) in [6.07, 6.45) is 2.21. The minimum absolute atomic E-state index is 0.357. The zero-order valence-electron chi connectivity index (χ0n) is 11.0. The molecule has 0 aliphatic heterocycles. The standard InChI is InChI=1S/C14H22O2/c1-14(2,3)7-6-11-8-12(15-4)10-13(9-11)16-5/h8-10H,6-7H2,1-5H3.